The fraction of sp³-hybridized carbons (Fsp3) is 0.636. The van der Waals surface area contributed by atoms with Crippen LogP contribution in [0.5, 0.6) is 5.75 Å². The zero-order valence-electron chi connectivity index (χ0n) is 18.7. The monoisotopic (exact) mass is 420 g/mol. The van der Waals surface area contributed by atoms with Gasteiger partial charge in [0.15, 0.2) is 0 Å². The molecule has 3 amide bonds. The quantitative estimate of drug-likeness (QED) is 0.629. The third-order valence-corrected chi connectivity index (χ3v) is 4.62. The molecule has 8 nitrogen and oxygen atoms in total. The van der Waals surface area contributed by atoms with E-state index in [1.807, 2.05) is 45.0 Å². The van der Waals surface area contributed by atoms with Crippen LogP contribution in [0.2, 0.25) is 0 Å². The first-order chi connectivity index (χ1) is 14.3. The van der Waals surface area contributed by atoms with E-state index in [1.165, 1.54) is 0 Å². The summed E-state index contributed by atoms with van der Waals surface area (Å²) in [5, 5.41) is 5.70. The third-order valence-electron chi connectivity index (χ3n) is 4.62. The first-order valence-corrected chi connectivity index (χ1v) is 10.7. The Morgan fingerprint density at radius 1 is 1.07 bits per heavy atom. The minimum Gasteiger partial charge on any atom is -0.494 e. The molecule has 0 unspecified atom stereocenters. The predicted octanol–water partition coefficient (Wildman–Crippen LogP) is 3.54. The first kappa shape index (κ1) is 23.8. The molecule has 1 aliphatic heterocycles. The molecule has 0 spiro atoms. The summed E-state index contributed by atoms with van der Waals surface area (Å²) in [7, 11) is 0. The molecular formula is C22H36N4O4. The van der Waals surface area contributed by atoms with Gasteiger partial charge in [0, 0.05) is 45.0 Å². The van der Waals surface area contributed by atoms with Gasteiger partial charge in [0.25, 0.3) is 0 Å². The Kier molecular flexibility index (Phi) is 9.23. The molecule has 2 N–H and O–H groups in total. The molecule has 0 aliphatic carbocycles. The molecule has 168 valence electrons. The highest BCUT2D eigenvalue weighted by Crippen LogP contribution is 2.16. The zero-order valence-corrected chi connectivity index (χ0v) is 18.7. The molecule has 30 heavy (non-hydrogen) atoms. The molecule has 1 fully saturated rings. The highest BCUT2D eigenvalue weighted by atomic mass is 16.6. The van der Waals surface area contributed by atoms with Crippen molar-refractivity contribution in [3.63, 3.8) is 0 Å². The predicted molar refractivity (Wildman–Crippen MR) is 118 cm³/mol. The fourth-order valence-corrected chi connectivity index (χ4v) is 2.95. The minimum absolute atomic E-state index is 0.234. The van der Waals surface area contributed by atoms with Crippen LogP contribution >= 0.6 is 0 Å². The topological polar surface area (TPSA) is 83.1 Å². The van der Waals surface area contributed by atoms with E-state index < -0.39 is 5.60 Å². The summed E-state index contributed by atoms with van der Waals surface area (Å²) in [5.74, 6) is 0.805. The lowest BCUT2D eigenvalue weighted by atomic mass is 10.2. The summed E-state index contributed by atoms with van der Waals surface area (Å²) in [6, 6.07) is 7.14. The second kappa shape index (κ2) is 11.6. The number of nitrogens with zero attached hydrogens (tertiary/aromatic N) is 2. The Morgan fingerprint density at radius 2 is 1.73 bits per heavy atom. The number of nitrogens with one attached hydrogen (secondary N) is 2. The van der Waals surface area contributed by atoms with Crippen molar-refractivity contribution in [2.75, 3.05) is 51.2 Å². The summed E-state index contributed by atoms with van der Waals surface area (Å²) in [6.07, 6.45) is 1.86. The number of unbranched alkanes of at least 4 members (excludes halogenated alkanes) is 1. The number of carbonyl (C=O) groups excluding carboxylic acids is 2. The minimum atomic E-state index is -0.478. The van der Waals surface area contributed by atoms with Crippen LogP contribution in [0.4, 0.5) is 15.3 Å². The molecule has 8 heteroatoms. The van der Waals surface area contributed by atoms with Gasteiger partial charge in [0.1, 0.15) is 11.4 Å². The molecule has 1 heterocycles. The van der Waals surface area contributed by atoms with Crippen LogP contribution in [0.25, 0.3) is 0 Å². The number of ether oxygens (including phenoxy) is 2. The maximum absolute atomic E-state index is 12.1. The van der Waals surface area contributed by atoms with Gasteiger partial charge in [0.2, 0.25) is 0 Å². The summed E-state index contributed by atoms with van der Waals surface area (Å²) in [6.45, 7) is 12.5. The van der Waals surface area contributed by atoms with Gasteiger partial charge in [-0.15, -0.1) is 0 Å². The maximum atomic E-state index is 12.1. The number of hydrogen-bond donors (Lipinski definition) is 2. The molecule has 0 radical (unpaired) electrons. The van der Waals surface area contributed by atoms with Crippen LogP contribution in [0.15, 0.2) is 24.3 Å². The van der Waals surface area contributed by atoms with E-state index in [0.29, 0.717) is 26.2 Å². The number of carbonyl (C=O) groups is 2. The number of benzene rings is 1. The number of rotatable bonds is 8. The SMILES string of the molecule is CCCCOc1ccc(NC(=O)NCCN2CCN(C(=O)OC(C)(C)C)CC2)cc1. The zero-order chi connectivity index (χ0) is 22.0. The normalized spacial score (nSPS) is 14.9. The molecule has 0 saturated carbocycles. The van der Waals surface area contributed by atoms with Gasteiger partial charge in [0.05, 0.1) is 6.61 Å². The molecule has 0 atom stereocenters. The van der Waals surface area contributed by atoms with Crippen molar-refractivity contribution in [2.45, 2.75) is 46.1 Å². The number of amides is 3. The Labute approximate surface area is 179 Å². The number of anilines is 1. The van der Waals surface area contributed by atoms with Gasteiger partial charge < -0.3 is 25.0 Å². The van der Waals surface area contributed by atoms with E-state index in [-0.39, 0.29) is 12.1 Å². The highest BCUT2D eigenvalue weighted by Gasteiger charge is 2.25. The average Bonchev–Trinajstić information content (AvgIpc) is 2.69. The van der Waals surface area contributed by atoms with Crippen LogP contribution in [0.3, 0.4) is 0 Å². The maximum Gasteiger partial charge on any atom is 0.410 e. The van der Waals surface area contributed by atoms with Crippen LogP contribution in [-0.4, -0.2) is 73.4 Å². The van der Waals surface area contributed by atoms with E-state index in [1.54, 1.807) is 4.90 Å². The largest absolute Gasteiger partial charge is 0.494 e. The number of hydrogen-bond acceptors (Lipinski definition) is 5. The molecule has 1 aliphatic rings. The average molecular weight is 421 g/mol. The van der Waals surface area contributed by atoms with Gasteiger partial charge in [-0.3, -0.25) is 4.90 Å². The van der Waals surface area contributed by atoms with Gasteiger partial charge in [-0.05, 0) is 51.5 Å². The van der Waals surface area contributed by atoms with Crippen molar-refractivity contribution in [3.05, 3.63) is 24.3 Å². The molecule has 1 aromatic carbocycles. The number of piperazine rings is 1. The van der Waals surface area contributed by atoms with Crippen LogP contribution in [-0.2, 0) is 4.74 Å². The van der Waals surface area contributed by atoms with Crippen molar-refractivity contribution in [1.82, 2.24) is 15.1 Å². The fourth-order valence-electron chi connectivity index (χ4n) is 2.95. The van der Waals surface area contributed by atoms with E-state index in [4.69, 9.17) is 9.47 Å². The second-order valence-corrected chi connectivity index (χ2v) is 8.42. The molecule has 1 saturated heterocycles. The van der Waals surface area contributed by atoms with Crippen LogP contribution < -0.4 is 15.4 Å². The molecule has 2 rings (SSSR count). The van der Waals surface area contributed by atoms with Crippen molar-refractivity contribution in [3.8, 4) is 5.75 Å². The Hall–Kier alpha value is -2.48. The van der Waals surface area contributed by atoms with Gasteiger partial charge in [-0.2, -0.15) is 0 Å². The molecule has 0 aromatic heterocycles. The van der Waals surface area contributed by atoms with Crippen molar-refractivity contribution in [1.29, 1.82) is 0 Å². The van der Waals surface area contributed by atoms with E-state index >= 15 is 0 Å². The van der Waals surface area contributed by atoms with Crippen molar-refractivity contribution >= 4 is 17.8 Å². The van der Waals surface area contributed by atoms with E-state index in [2.05, 4.69) is 22.5 Å². The van der Waals surface area contributed by atoms with Gasteiger partial charge in [-0.1, -0.05) is 13.3 Å². The lowest BCUT2D eigenvalue weighted by molar-refractivity contribution is 0.0147. The van der Waals surface area contributed by atoms with Gasteiger partial charge >= 0.3 is 12.1 Å². The second-order valence-electron chi connectivity index (χ2n) is 8.42. The Morgan fingerprint density at radius 3 is 2.33 bits per heavy atom. The standard InChI is InChI=1S/C22H36N4O4/c1-5-6-17-29-19-9-7-18(8-10-19)24-20(27)23-11-12-25-13-15-26(16-14-25)21(28)30-22(2,3)4/h7-10H,5-6,11-17H2,1-4H3,(H2,23,24,27). The Bertz CT molecular complexity index is 665. The summed E-state index contributed by atoms with van der Waals surface area (Å²) < 4.78 is 11.0. The van der Waals surface area contributed by atoms with Crippen molar-refractivity contribution in [2.24, 2.45) is 0 Å². The summed E-state index contributed by atoms with van der Waals surface area (Å²) >= 11 is 0. The third kappa shape index (κ3) is 8.90. The lowest BCUT2D eigenvalue weighted by Crippen LogP contribution is -2.51. The lowest BCUT2D eigenvalue weighted by Gasteiger charge is -2.35. The van der Waals surface area contributed by atoms with Gasteiger partial charge in [-0.25, -0.2) is 9.59 Å². The van der Waals surface area contributed by atoms with E-state index in [9.17, 15) is 9.59 Å². The highest BCUT2D eigenvalue weighted by molar-refractivity contribution is 5.89. The van der Waals surface area contributed by atoms with E-state index in [0.717, 1.165) is 43.9 Å². The number of urea groups is 1. The smallest absolute Gasteiger partial charge is 0.410 e. The summed E-state index contributed by atoms with van der Waals surface area (Å²) in [5.41, 5.74) is 0.245. The molecule has 1 aromatic rings. The summed E-state index contributed by atoms with van der Waals surface area (Å²) in [4.78, 5) is 28.1. The Balaban J connectivity index is 1.62. The molecular weight excluding hydrogens is 384 g/mol. The van der Waals surface area contributed by atoms with Crippen LogP contribution in [0, 0.1) is 0 Å². The first-order valence-electron chi connectivity index (χ1n) is 10.7. The van der Waals surface area contributed by atoms with Crippen LogP contribution in [0.1, 0.15) is 40.5 Å². The molecule has 0 bridgehead atoms. The van der Waals surface area contributed by atoms with Crippen molar-refractivity contribution < 1.29 is 19.1 Å².